The Bertz CT molecular complexity index is 493. The molecule has 0 aromatic carbocycles. The maximum absolute atomic E-state index is 12.0. The zero-order chi connectivity index (χ0) is 13.1. The van der Waals surface area contributed by atoms with Crippen molar-refractivity contribution in [3.05, 3.63) is 12.7 Å². The molecule has 1 aromatic rings. The van der Waals surface area contributed by atoms with E-state index in [9.17, 15) is 8.42 Å². The first-order chi connectivity index (χ1) is 7.91. The van der Waals surface area contributed by atoms with Gasteiger partial charge in [-0.25, -0.2) is 12.7 Å². The largest absolute Gasteiger partial charge is 0.382 e. The number of nitrogens with one attached hydrogen (secondary N) is 1. The minimum absolute atomic E-state index is 0.0322. The summed E-state index contributed by atoms with van der Waals surface area (Å²) in [5.41, 5.74) is 5.60. The molecular formula is C9H16N4O2S2. The predicted octanol–water partition coefficient (Wildman–Crippen LogP) is 0.964. The first-order valence-corrected chi connectivity index (χ1v) is 7.15. The Morgan fingerprint density at radius 1 is 1.59 bits per heavy atom. The van der Waals surface area contributed by atoms with Gasteiger partial charge in [-0.3, -0.25) is 0 Å². The molecule has 0 saturated heterocycles. The third-order valence-electron chi connectivity index (χ3n) is 2.05. The van der Waals surface area contributed by atoms with Gasteiger partial charge in [-0.15, -0.1) is 6.58 Å². The Morgan fingerprint density at radius 2 is 2.24 bits per heavy atom. The highest BCUT2D eigenvalue weighted by Crippen LogP contribution is 2.32. The van der Waals surface area contributed by atoms with Crippen LogP contribution in [-0.2, 0) is 10.0 Å². The lowest BCUT2D eigenvalue weighted by Crippen LogP contribution is -2.23. The van der Waals surface area contributed by atoms with E-state index in [1.54, 1.807) is 6.08 Å². The van der Waals surface area contributed by atoms with Gasteiger partial charge in [0, 0.05) is 20.6 Å². The van der Waals surface area contributed by atoms with E-state index < -0.39 is 10.0 Å². The van der Waals surface area contributed by atoms with E-state index in [0.29, 0.717) is 11.5 Å². The fraction of sp³-hybridized carbons (Fsp3) is 0.444. The molecule has 0 aliphatic carbocycles. The third-order valence-corrected chi connectivity index (χ3v) is 4.89. The molecule has 6 nitrogen and oxygen atoms in total. The van der Waals surface area contributed by atoms with Crippen molar-refractivity contribution < 1.29 is 8.42 Å². The molecule has 0 unspecified atom stereocenters. The Hall–Kier alpha value is -1.12. The standard InChI is InChI=1S/C9H16N4O2S2/c1-4-5-6-11-9-7(8(10)12-16-9)17(14,15)13(2)3/h4,11H,1,5-6H2,2-3H3,(H2,10,12). The van der Waals surface area contributed by atoms with E-state index in [4.69, 9.17) is 5.73 Å². The molecule has 0 radical (unpaired) electrons. The van der Waals surface area contributed by atoms with Crippen LogP contribution in [-0.4, -0.2) is 37.7 Å². The fourth-order valence-corrected chi connectivity index (χ4v) is 3.23. The van der Waals surface area contributed by atoms with Gasteiger partial charge in [0.05, 0.1) is 0 Å². The van der Waals surface area contributed by atoms with E-state index in [-0.39, 0.29) is 10.7 Å². The van der Waals surface area contributed by atoms with E-state index in [1.165, 1.54) is 14.1 Å². The van der Waals surface area contributed by atoms with Crippen molar-refractivity contribution in [2.75, 3.05) is 31.7 Å². The Balaban J connectivity index is 3.06. The van der Waals surface area contributed by atoms with Gasteiger partial charge in [-0.05, 0) is 18.0 Å². The van der Waals surface area contributed by atoms with Crippen LogP contribution >= 0.6 is 11.5 Å². The second kappa shape index (κ2) is 5.48. The van der Waals surface area contributed by atoms with Gasteiger partial charge in [-0.2, -0.15) is 4.37 Å². The van der Waals surface area contributed by atoms with Gasteiger partial charge >= 0.3 is 0 Å². The number of aromatic nitrogens is 1. The number of hydrogen-bond donors (Lipinski definition) is 2. The van der Waals surface area contributed by atoms with Crippen LogP contribution in [0.25, 0.3) is 0 Å². The second-order valence-electron chi connectivity index (χ2n) is 3.52. The molecule has 0 bridgehead atoms. The molecule has 3 N–H and O–H groups in total. The van der Waals surface area contributed by atoms with Crippen LogP contribution < -0.4 is 11.1 Å². The van der Waals surface area contributed by atoms with Crippen LogP contribution in [0.15, 0.2) is 17.6 Å². The first-order valence-electron chi connectivity index (χ1n) is 4.93. The van der Waals surface area contributed by atoms with Crippen molar-refractivity contribution in [1.29, 1.82) is 0 Å². The summed E-state index contributed by atoms with van der Waals surface area (Å²) in [5, 5.41) is 3.47. The zero-order valence-corrected chi connectivity index (χ0v) is 11.4. The topological polar surface area (TPSA) is 88.3 Å². The summed E-state index contributed by atoms with van der Waals surface area (Å²) in [4.78, 5) is 0.0524. The monoisotopic (exact) mass is 276 g/mol. The molecule has 1 aromatic heterocycles. The highest BCUT2D eigenvalue weighted by atomic mass is 32.2. The van der Waals surface area contributed by atoms with Crippen LogP contribution in [0, 0.1) is 0 Å². The molecule has 0 aliphatic heterocycles. The molecule has 0 spiro atoms. The van der Waals surface area contributed by atoms with E-state index in [1.807, 2.05) is 0 Å². The lowest BCUT2D eigenvalue weighted by Gasteiger charge is -2.12. The predicted molar refractivity (Wildman–Crippen MR) is 70.7 cm³/mol. The number of sulfonamides is 1. The maximum atomic E-state index is 12.0. The smallest absolute Gasteiger partial charge is 0.249 e. The van der Waals surface area contributed by atoms with Crippen molar-refractivity contribution in [2.24, 2.45) is 0 Å². The molecule has 17 heavy (non-hydrogen) atoms. The molecular weight excluding hydrogens is 260 g/mol. The van der Waals surface area contributed by atoms with Crippen LogP contribution in [0.5, 0.6) is 0 Å². The number of nitrogens with zero attached hydrogens (tertiary/aromatic N) is 2. The van der Waals surface area contributed by atoms with Crippen molar-refractivity contribution in [3.63, 3.8) is 0 Å². The fourth-order valence-electron chi connectivity index (χ4n) is 1.13. The Kier molecular flexibility index (Phi) is 4.49. The van der Waals surface area contributed by atoms with Crippen LogP contribution in [0.4, 0.5) is 10.8 Å². The van der Waals surface area contributed by atoms with Crippen LogP contribution in [0.3, 0.4) is 0 Å². The lowest BCUT2D eigenvalue weighted by molar-refractivity contribution is 0.521. The molecule has 0 amide bonds. The second-order valence-corrected chi connectivity index (χ2v) is 6.38. The first kappa shape index (κ1) is 13.9. The van der Waals surface area contributed by atoms with E-state index in [0.717, 1.165) is 22.3 Å². The normalized spacial score (nSPS) is 11.7. The summed E-state index contributed by atoms with van der Waals surface area (Å²) in [6.45, 7) is 4.19. The molecule has 8 heteroatoms. The molecule has 0 atom stereocenters. The number of rotatable bonds is 6. The highest BCUT2D eigenvalue weighted by molar-refractivity contribution is 7.89. The van der Waals surface area contributed by atoms with Gasteiger partial charge in [0.2, 0.25) is 10.0 Å². The summed E-state index contributed by atoms with van der Waals surface area (Å²) in [6, 6.07) is 0. The number of anilines is 2. The summed E-state index contributed by atoms with van der Waals surface area (Å²) < 4.78 is 29.0. The van der Waals surface area contributed by atoms with Crippen molar-refractivity contribution in [3.8, 4) is 0 Å². The van der Waals surface area contributed by atoms with Crippen LogP contribution in [0.1, 0.15) is 6.42 Å². The van der Waals surface area contributed by atoms with Gasteiger partial charge in [0.1, 0.15) is 5.00 Å². The quantitative estimate of drug-likeness (QED) is 0.597. The summed E-state index contributed by atoms with van der Waals surface area (Å²) in [7, 11) is -0.648. The molecule has 96 valence electrons. The van der Waals surface area contributed by atoms with Gasteiger partial charge < -0.3 is 11.1 Å². The van der Waals surface area contributed by atoms with Crippen LogP contribution in [0.2, 0.25) is 0 Å². The molecule has 0 aliphatic rings. The molecule has 1 rings (SSSR count). The minimum Gasteiger partial charge on any atom is -0.382 e. The average Bonchev–Trinajstić information content (AvgIpc) is 2.60. The Morgan fingerprint density at radius 3 is 2.76 bits per heavy atom. The maximum Gasteiger partial charge on any atom is 0.249 e. The van der Waals surface area contributed by atoms with E-state index in [2.05, 4.69) is 16.3 Å². The summed E-state index contributed by atoms with van der Waals surface area (Å²) in [5.74, 6) is 0.0322. The molecule has 0 fully saturated rings. The summed E-state index contributed by atoms with van der Waals surface area (Å²) >= 11 is 1.04. The molecule has 1 heterocycles. The lowest BCUT2D eigenvalue weighted by atomic mass is 10.4. The van der Waals surface area contributed by atoms with Gasteiger partial charge in [0.25, 0.3) is 0 Å². The average molecular weight is 276 g/mol. The highest BCUT2D eigenvalue weighted by Gasteiger charge is 2.27. The third kappa shape index (κ3) is 2.96. The van der Waals surface area contributed by atoms with E-state index >= 15 is 0 Å². The SMILES string of the molecule is C=CCCNc1snc(N)c1S(=O)(=O)N(C)C. The number of nitrogen functional groups attached to an aromatic ring is 1. The summed E-state index contributed by atoms with van der Waals surface area (Å²) in [6.07, 6.45) is 2.48. The number of hydrogen-bond acceptors (Lipinski definition) is 6. The minimum atomic E-state index is -3.56. The van der Waals surface area contributed by atoms with Gasteiger partial charge in [0.15, 0.2) is 10.7 Å². The molecule has 0 saturated carbocycles. The number of nitrogens with two attached hydrogens (primary N) is 1. The zero-order valence-electron chi connectivity index (χ0n) is 9.80. The van der Waals surface area contributed by atoms with Crippen molar-refractivity contribution >= 4 is 32.4 Å². The van der Waals surface area contributed by atoms with Crippen molar-refractivity contribution in [1.82, 2.24) is 8.68 Å². The van der Waals surface area contributed by atoms with Crippen molar-refractivity contribution in [2.45, 2.75) is 11.3 Å². The Labute approximate surface area is 105 Å². The van der Waals surface area contributed by atoms with Gasteiger partial charge in [-0.1, -0.05) is 6.08 Å².